The Bertz CT molecular complexity index is 1380. The lowest BCUT2D eigenvalue weighted by atomic mass is 9.92. The number of fused-ring (bicyclic) bond motifs is 4. The molecule has 6 heteroatoms. The number of nitrogens with zero attached hydrogens (tertiary/aromatic N) is 5. The van der Waals surface area contributed by atoms with Crippen molar-refractivity contribution in [3.63, 3.8) is 0 Å². The molecule has 0 radical (unpaired) electrons. The molecule has 0 saturated heterocycles. The standard InChI is InChI=1S/C25H24FN5/c1-15(2)11-13-18-7-5-9-21-19(18)14-12-16(3)30(21)24-23-20(26)8-6-10-22(23)31-17(4)28-29-25(31)27-24/h5-10,15-16H,12,14H2,1-4H3. The number of aryl methyl sites for hydroxylation is 1. The average molecular weight is 414 g/mol. The molecular weight excluding hydrogens is 389 g/mol. The minimum absolute atomic E-state index is 0.155. The first-order chi connectivity index (χ1) is 15.0. The minimum atomic E-state index is -0.301. The van der Waals surface area contributed by atoms with Gasteiger partial charge in [0.05, 0.1) is 10.9 Å². The van der Waals surface area contributed by atoms with E-state index in [0.29, 0.717) is 28.7 Å². The molecule has 0 spiro atoms. The van der Waals surface area contributed by atoms with Gasteiger partial charge in [-0.3, -0.25) is 4.40 Å². The number of anilines is 2. The first-order valence-corrected chi connectivity index (χ1v) is 10.7. The summed E-state index contributed by atoms with van der Waals surface area (Å²) in [4.78, 5) is 6.95. The molecule has 31 heavy (non-hydrogen) atoms. The molecule has 1 aliphatic rings. The van der Waals surface area contributed by atoms with Crippen molar-refractivity contribution in [1.82, 2.24) is 19.6 Å². The van der Waals surface area contributed by atoms with E-state index in [0.717, 1.165) is 29.6 Å². The summed E-state index contributed by atoms with van der Waals surface area (Å²) in [6, 6.07) is 11.4. The largest absolute Gasteiger partial charge is 0.322 e. The summed E-state index contributed by atoms with van der Waals surface area (Å²) in [5.41, 5.74) is 3.98. The van der Waals surface area contributed by atoms with Crippen LogP contribution in [0.5, 0.6) is 0 Å². The van der Waals surface area contributed by atoms with Gasteiger partial charge in [-0.05, 0) is 56.5 Å². The molecule has 1 unspecified atom stereocenters. The Balaban J connectivity index is 1.80. The summed E-state index contributed by atoms with van der Waals surface area (Å²) in [5.74, 6) is 8.35. The molecule has 0 saturated carbocycles. The van der Waals surface area contributed by atoms with Gasteiger partial charge in [0.2, 0.25) is 0 Å². The quantitative estimate of drug-likeness (QED) is 0.402. The van der Waals surface area contributed by atoms with E-state index in [1.165, 1.54) is 11.6 Å². The van der Waals surface area contributed by atoms with Crippen LogP contribution in [0, 0.1) is 30.5 Å². The van der Waals surface area contributed by atoms with E-state index in [4.69, 9.17) is 4.98 Å². The lowest BCUT2D eigenvalue weighted by molar-refractivity contribution is 0.610. The molecule has 5 nitrogen and oxygen atoms in total. The highest BCUT2D eigenvalue weighted by atomic mass is 19.1. The predicted molar refractivity (Wildman–Crippen MR) is 121 cm³/mol. The molecule has 2 aromatic heterocycles. The van der Waals surface area contributed by atoms with Crippen LogP contribution in [0.3, 0.4) is 0 Å². The molecule has 156 valence electrons. The molecule has 0 aliphatic carbocycles. The van der Waals surface area contributed by atoms with Crippen LogP contribution in [0.4, 0.5) is 15.9 Å². The van der Waals surface area contributed by atoms with Crippen LogP contribution < -0.4 is 4.90 Å². The zero-order valence-corrected chi connectivity index (χ0v) is 18.1. The average Bonchev–Trinajstić information content (AvgIpc) is 3.12. The molecule has 0 bridgehead atoms. The highest BCUT2D eigenvalue weighted by Gasteiger charge is 2.30. The third-order valence-electron chi connectivity index (χ3n) is 5.86. The first-order valence-electron chi connectivity index (χ1n) is 10.7. The zero-order chi connectivity index (χ0) is 21.7. The molecule has 5 rings (SSSR count). The van der Waals surface area contributed by atoms with Gasteiger partial charge in [-0.15, -0.1) is 10.2 Å². The Hall–Kier alpha value is -3.46. The van der Waals surface area contributed by atoms with Crippen molar-refractivity contribution in [2.45, 2.75) is 46.6 Å². The van der Waals surface area contributed by atoms with E-state index < -0.39 is 0 Å². The van der Waals surface area contributed by atoms with Crippen LogP contribution in [0.15, 0.2) is 36.4 Å². The molecule has 0 fully saturated rings. The molecule has 1 aliphatic heterocycles. The Morgan fingerprint density at radius 1 is 1.13 bits per heavy atom. The van der Waals surface area contributed by atoms with Crippen LogP contribution in [0.2, 0.25) is 0 Å². The number of benzene rings is 2. The maximum absolute atomic E-state index is 15.2. The van der Waals surface area contributed by atoms with Gasteiger partial charge in [0, 0.05) is 23.2 Å². The molecule has 4 aromatic rings. The Morgan fingerprint density at radius 3 is 2.74 bits per heavy atom. The van der Waals surface area contributed by atoms with E-state index in [1.807, 2.05) is 23.5 Å². The summed E-state index contributed by atoms with van der Waals surface area (Å²) < 4.78 is 17.0. The number of halogens is 1. The van der Waals surface area contributed by atoms with Crippen molar-refractivity contribution < 1.29 is 4.39 Å². The maximum Gasteiger partial charge on any atom is 0.257 e. The monoisotopic (exact) mass is 413 g/mol. The summed E-state index contributed by atoms with van der Waals surface area (Å²) in [6.07, 6.45) is 1.87. The number of rotatable bonds is 1. The lowest BCUT2D eigenvalue weighted by Crippen LogP contribution is -2.34. The van der Waals surface area contributed by atoms with E-state index in [-0.39, 0.29) is 11.9 Å². The van der Waals surface area contributed by atoms with Crippen molar-refractivity contribution in [2.24, 2.45) is 5.92 Å². The summed E-state index contributed by atoms with van der Waals surface area (Å²) >= 11 is 0. The van der Waals surface area contributed by atoms with Crippen LogP contribution in [-0.2, 0) is 6.42 Å². The van der Waals surface area contributed by atoms with Crippen LogP contribution >= 0.6 is 0 Å². The van der Waals surface area contributed by atoms with Gasteiger partial charge < -0.3 is 4.90 Å². The fourth-order valence-corrected chi connectivity index (χ4v) is 4.40. The van der Waals surface area contributed by atoms with E-state index in [2.05, 4.69) is 59.8 Å². The topological polar surface area (TPSA) is 46.3 Å². The maximum atomic E-state index is 15.2. The third kappa shape index (κ3) is 3.12. The van der Waals surface area contributed by atoms with Gasteiger partial charge in [-0.25, -0.2) is 4.39 Å². The highest BCUT2D eigenvalue weighted by molar-refractivity contribution is 5.95. The van der Waals surface area contributed by atoms with Gasteiger partial charge in [0.1, 0.15) is 17.5 Å². The summed E-state index contributed by atoms with van der Waals surface area (Å²) in [6.45, 7) is 8.18. The normalized spacial score (nSPS) is 15.9. The van der Waals surface area contributed by atoms with E-state index in [9.17, 15) is 0 Å². The fourth-order valence-electron chi connectivity index (χ4n) is 4.40. The van der Waals surface area contributed by atoms with Crippen molar-refractivity contribution in [3.05, 3.63) is 59.2 Å². The van der Waals surface area contributed by atoms with Gasteiger partial charge in [-0.2, -0.15) is 4.98 Å². The number of hydrogen-bond acceptors (Lipinski definition) is 4. The molecule has 3 heterocycles. The zero-order valence-electron chi connectivity index (χ0n) is 18.1. The van der Waals surface area contributed by atoms with Crippen LogP contribution in [0.1, 0.15) is 44.1 Å². The second-order valence-electron chi connectivity index (χ2n) is 8.44. The second-order valence-corrected chi connectivity index (χ2v) is 8.44. The van der Waals surface area contributed by atoms with E-state index >= 15 is 4.39 Å². The van der Waals surface area contributed by atoms with Crippen molar-refractivity contribution in [3.8, 4) is 11.8 Å². The molecule has 0 N–H and O–H groups in total. The molecular formula is C25H24FN5. The van der Waals surface area contributed by atoms with Gasteiger partial charge in [0.25, 0.3) is 5.78 Å². The van der Waals surface area contributed by atoms with Crippen LogP contribution in [-0.4, -0.2) is 25.6 Å². The lowest BCUT2D eigenvalue weighted by Gasteiger charge is -2.37. The SMILES string of the molecule is Cc1nnc2nc(N3c4cccc(C#CC(C)C)c4CCC3C)c3c(F)cccc3n12. The van der Waals surface area contributed by atoms with Gasteiger partial charge in [-0.1, -0.05) is 37.8 Å². The predicted octanol–water partition coefficient (Wildman–Crippen LogP) is 5.21. The van der Waals surface area contributed by atoms with E-state index in [1.54, 1.807) is 6.07 Å². The second kappa shape index (κ2) is 7.35. The third-order valence-corrected chi connectivity index (χ3v) is 5.86. The molecule has 0 amide bonds. The van der Waals surface area contributed by atoms with Crippen LogP contribution in [0.25, 0.3) is 16.7 Å². The van der Waals surface area contributed by atoms with Crippen molar-refractivity contribution in [2.75, 3.05) is 4.90 Å². The number of aromatic nitrogens is 4. The first kappa shape index (κ1) is 19.5. The Morgan fingerprint density at radius 2 is 1.94 bits per heavy atom. The number of hydrogen-bond donors (Lipinski definition) is 0. The van der Waals surface area contributed by atoms with Crippen molar-refractivity contribution >= 4 is 28.2 Å². The minimum Gasteiger partial charge on any atom is -0.322 e. The van der Waals surface area contributed by atoms with Gasteiger partial charge in [0.15, 0.2) is 0 Å². The fraction of sp³-hybridized carbons (Fsp3) is 0.320. The Labute approximate surface area is 180 Å². The molecule has 1 atom stereocenters. The smallest absolute Gasteiger partial charge is 0.257 e. The van der Waals surface area contributed by atoms with Gasteiger partial charge >= 0.3 is 0 Å². The van der Waals surface area contributed by atoms with Crippen molar-refractivity contribution in [1.29, 1.82) is 0 Å². The Kier molecular flexibility index (Phi) is 4.62. The molecule has 2 aromatic carbocycles. The highest BCUT2D eigenvalue weighted by Crippen LogP contribution is 2.41. The summed E-state index contributed by atoms with van der Waals surface area (Å²) in [7, 11) is 0. The summed E-state index contributed by atoms with van der Waals surface area (Å²) in [5, 5.41) is 8.89.